The van der Waals surface area contributed by atoms with Crippen LogP contribution in [0.1, 0.15) is 18.4 Å². The van der Waals surface area contributed by atoms with Crippen molar-refractivity contribution >= 4 is 28.5 Å². The fourth-order valence-electron chi connectivity index (χ4n) is 3.76. The van der Waals surface area contributed by atoms with Gasteiger partial charge in [0.2, 0.25) is 0 Å². The second-order valence-electron chi connectivity index (χ2n) is 7.77. The number of hydrogen-bond donors (Lipinski definition) is 2. The third-order valence-corrected chi connectivity index (χ3v) is 5.52. The highest BCUT2D eigenvalue weighted by Crippen LogP contribution is 2.39. The molecule has 4 rings (SSSR count). The first-order chi connectivity index (χ1) is 15.8. The number of anilines is 2. The molecule has 1 fully saturated rings. The second-order valence-corrected chi connectivity index (χ2v) is 7.77. The molecule has 10 heteroatoms. The Hall–Kier alpha value is -3.69. The van der Waals surface area contributed by atoms with Crippen molar-refractivity contribution < 1.29 is 27.4 Å². The summed E-state index contributed by atoms with van der Waals surface area (Å²) in [6, 6.07) is 12.2. The van der Waals surface area contributed by atoms with E-state index in [9.17, 15) is 13.6 Å². The molecule has 0 unspecified atom stereocenters. The standard InChI is InChI=1S/C23H23F3N4O3/c1-32-16-5-2-14(3-6-16)13-28-18-7-4-15-12-17(33-22(27)31)19(24)21(20(15)29-18)30-10-8-23(25,26)9-11-30/h2-7,12H,8-11,13H2,1H3,(H2,27,31)(H,28,29). The molecule has 0 radical (unpaired) electrons. The molecule has 3 N–H and O–H groups in total. The number of hydrogen-bond acceptors (Lipinski definition) is 6. The van der Waals surface area contributed by atoms with Crippen molar-refractivity contribution in [2.75, 3.05) is 30.4 Å². The van der Waals surface area contributed by atoms with Gasteiger partial charge in [-0.15, -0.1) is 0 Å². The van der Waals surface area contributed by atoms with Crippen molar-refractivity contribution in [2.45, 2.75) is 25.3 Å². The Labute approximate surface area is 188 Å². The molecule has 174 valence electrons. The molecular weight excluding hydrogens is 437 g/mol. The predicted molar refractivity (Wildman–Crippen MR) is 119 cm³/mol. The number of benzene rings is 2. The van der Waals surface area contributed by atoms with Crippen molar-refractivity contribution in [3.05, 3.63) is 53.8 Å². The van der Waals surface area contributed by atoms with E-state index in [0.717, 1.165) is 11.3 Å². The summed E-state index contributed by atoms with van der Waals surface area (Å²) in [5, 5.41) is 3.66. The molecule has 1 amide bonds. The minimum absolute atomic E-state index is 0.00680. The number of nitrogens with one attached hydrogen (secondary N) is 1. The van der Waals surface area contributed by atoms with Crippen LogP contribution in [0.25, 0.3) is 10.9 Å². The number of ether oxygens (including phenoxy) is 2. The number of piperidine rings is 1. The molecule has 1 aliphatic heterocycles. The predicted octanol–water partition coefficient (Wildman–Crippen LogP) is 4.69. The van der Waals surface area contributed by atoms with E-state index in [4.69, 9.17) is 15.2 Å². The lowest BCUT2D eigenvalue weighted by Crippen LogP contribution is -2.40. The molecule has 2 aromatic carbocycles. The van der Waals surface area contributed by atoms with Crippen LogP contribution in [-0.4, -0.2) is 37.2 Å². The van der Waals surface area contributed by atoms with Gasteiger partial charge in [-0.2, -0.15) is 0 Å². The highest BCUT2D eigenvalue weighted by molar-refractivity contribution is 5.94. The Morgan fingerprint density at radius 1 is 1.18 bits per heavy atom. The van der Waals surface area contributed by atoms with Crippen LogP contribution in [0.2, 0.25) is 0 Å². The number of fused-ring (bicyclic) bond motifs is 1. The summed E-state index contributed by atoms with van der Waals surface area (Å²) in [5.41, 5.74) is 6.32. The Kier molecular flexibility index (Phi) is 6.17. The number of nitrogens with two attached hydrogens (primary N) is 1. The molecule has 1 saturated heterocycles. The molecule has 0 atom stereocenters. The highest BCUT2D eigenvalue weighted by atomic mass is 19.3. The van der Waals surface area contributed by atoms with E-state index >= 15 is 4.39 Å². The summed E-state index contributed by atoms with van der Waals surface area (Å²) >= 11 is 0. The number of methoxy groups -OCH3 is 1. The number of alkyl halides is 2. The van der Waals surface area contributed by atoms with Gasteiger partial charge in [-0.1, -0.05) is 12.1 Å². The van der Waals surface area contributed by atoms with E-state index in [-0.39, 0.29) is 30.0 Å². The summed E-state index contributed by atoms with van der Waals surface area (Å²) in [6.07, 6.45) is -2.00. The Morgan fingerprint density at radius 2 is 1.88 bits per heavy atom. The Morgan fingerprint density at radius 3 is 2.52 bits per heavy atom. The van der Waals surface area contributed by atoms with Crippen LogP contribution in [0.3, 0.4) is 0 Å². The van der Waals surface area contributed by atoms with Crippen molar-refractivity contribution in [1.82, 2.24) is 4.98 Å². The summed E-state index contributed by atoms with van der Waals surface area (Å²) < 4.78 is 52.7. The van der Waals surface area contributed by atoms with Crippen LogP contribution in [0.15, 0.2) is 42.5 Å². The van der Waals surface area contributed by atoms with Gasteiger partial charge in [0.1, 0.15) is 17.3 Å². The van der Waals surface area contributed by atoms with Crippen LogP contribution in [0.5, 0.6) is 11.5 Å². The topological polar surface area (TPSA) is 89.7 Å². The largest absolute Gasteiger partial charge is 0.497 e. The van der Waals surface area contributed by atoms with Gasteiger partial charge in [0.15, 0.2) is 11.6 Å². The maximum atomic E-state index is 15.4. The number of aromatic nitrogens is 1. The molecule has 33 heavy (non-hydrogen) atoms. The number of pyridine rings is 1. The molecule has 0 bridgehead atoms. The Balaban J connectivity index is 1.68. The van der Waals surface area contributed by atoms with E-state index in [1.165, 1.54) is 11.0 Å². The first-order valence-electron chi connectivity index (χ1n) is 10.4. The van der Waals surface area contributed by atoms with Crippen molar-refractivity contribution in [3.63, 3.8) is 0 Å². The van der Waals surface area contributed by atoms with Crippen LogP contribution in [0, 0.1) is 5.82 Å². The normalized spacial score (nSPS) is 15.3. The molecule has 7 nitrogen and oxygen atoms in total. The van der Waals surface area contributed by atoms with Gasteiger partial charge in [0.25, 0.3) is 5.92 Å². The lowest BCUT2D eigenvalue weighted by molar-refractivity contribution is -0.0221. The number of primary amides is 1. The van der Waals surface area contributed by atoms with Crippen molar-refractivity contribution in [3.8, 4) is 11.5 Å². The number of rotatable bonds is 6. The molecule has 2 heterocycles. The van der Waals surface area contributed by atoms with Gasteiger partial charge in [-0.05, 0) is 35.9 Å². The third kappa shape index (κ3) is 5.05. The van der Waals surface area contributed by atoms with Crippen molar-refractivity contribution in [2.24, 2.45) is 5.73 Å². The monoisotopic (exact) mass is 460 g/mol. The summed E-state index contributed by atoms with van der Waals surface area (Å²) in [7, 11) is 1.59. The summed E-state index contributed by atoms with van der Waals surface area (Å²) in [4.78, 5) is 17.3. The zero-order valence-electron chi connectivity index (χ0n) is 17.9. The average Bonchev–Trinajstić information content (AvgIpc) is 2.79. The average molecular weight is 460 g/mol. The molecule has 0 spiro atoms. The fraction of sp³-hybridized carbons (Fsp3) is 0.304. The molecule has 0 aliphatic carbocycles. The number of carbonyl (C=O) groups is 1. The van der Waals surface area contributed by atoms with E-state index in [2.05, 4.69) is 10.3 Å². The van der Waals surface area contributed by atoms with Gasteiger partial charge in [0.05, 0.1) is 12.6 Å². The summed E-state index contributed by atoms with van der Waals surface area (Å²) in [5.74, 6) is -2.83. The van der Waals surface area contributed by atoms with Gasteiger partial charge in [0, 0.05) is 37.9 Å². The number of carbonyl (C=O) groups excluding carboxylic acids is 1. The van der Waals surface area contributed by atoms with E-state index in [0.29, 0.717) is 17.7 Å². The SMILES string of the molecule is COc1ccc(CNc2ccc3cc(OC(N)=O)c(F)c(N4CCC(F)(F)CC4)c3n2)cc1. The smallest absolute Gasteiger partial charge is 0.410 e. The lowest BCUT2D eigenvalue weighted by Gasteiger charge is -2.34. The Bertz CT molecular complexity index is 1160. The van der Waals surface area contributed by atoms with E-state index in [1.54, 1.807) is 19.2 Å². The van der Waals surface area contributed by atoms with Gasteiger partial charge in [-0.3, -0.25) is 0 Å². The van der Waals surface area contributed by atoms with Crippen LogP contribution in [-0.2, 0) is 6.54 Å². The minimum Gasteiger partial charge on any atom is -0.497 e. The van der Waals surface area contributed by atoms with E-state index in [1.807, 2.05) is 24.3 Å². The molecule has 0 saturated carbocycles. The maximum Gasteiger partial charge on any atom is 0.410 e. The number of halogens is 3. The number of nitrogens with zero attached hydrogens (tertiary/aromatic N) is 2. The maximum absolute atomic E-state index is 15.4. The fourth-order valence-corrected chi connectivity index (χ4v) is 3.76. The quantitative estimate of drug-likeness (QED) is 0.555. The van der Waals surface area contributed by atoms with Crippen LogP contribution >= 0.6 is 0 Å². The zero-order valence-corrected chi connectivity index (χ0v) is 17.9. The first-order valence-corrected chi connectivity index (χ1v) is 10.4. The van der Waals surface area contributed by atoms with Gasteiger partial charge in [-0.25, -0.2) is 22.9 Å². The number of amides is 1. The molecule has 1 aromatic heterocycles. The molecular formula is C23H23F3N4O3. The second kappa shape index (κ2) is 9.05. The van der Waals surface area contributed by atoms with Crippen molar-refractivity contribution in [1.29, 1.82) is 0 Å². The molecule has 3 aromatic rings. The third-order valence-electron chi connectivity index (χ3n) is 5.52. The highest BCUT2D eigenvalue weighted by Gasteiger charge is 2.36. The van der Waals surface area contributed by atoms with Gasteiger partial charge >= 0.3 is 6.09 Å². The first kappa shape index (κ1) is 22.5. The van der Waals surface area contributed by atoms with E-state index < -0.39 is 30.7 Å². The summed E-state index contributed by atoms with van der Waals surface area (Å²) in [6.45, 7) is 0.327. The minimum atomic E-state index is -2.80. The van der Waals surface area contributed by atoms with Gasteiger partial charge < -0.3 is 25.4 Å². The molecule has 1 aliphatic rings. The zero-order chi connectivity index (χ0) is 23.6. The lowest BCUT2D eigenvalue weighted by atomic mass is 10.0. The van der Waals surface area contributed by atoms with Crippen LogP contribution < -0.4 is 25.4 Å². The van der Waals surface area contributed by atoms with Crippen LogP contribution in [0.4, 0.5) is 29.5 Å².